The van der Waals surface area contributed by atoms with Gasteiger partial charge in [0.15, 0.2) is 0 Å². The highest BCUT2D eigenvalue weighted by molar-refractivity contribution is 14.1. The van der Waals surface area contributed by atoms with Crippen molar-refractivity contribution in [1.82, 2.24) is 9.55 Å². The Morgan fingerprint density at radius 2 is 2.00 bits per heavy atom. The third-order valence-electron chi connectivity index (χ3n) is 4.71. The summed E-state index contributed by atoms with van der Waals surface area (Å²) in [5.41, 5.74) is 3.92. The van der Waals surface area contributed by atoms with Crippen molar-refractivity contribution in [2.75, 3.05) is 11.4 Å². The fourth-order valence-corrected chi connectivity index (χ4v) is 5.67. The van der Waals surface area contributed by atoms with E-state index in [-0.39, 0.29) is 0 Å². The first-order chi connectivity index (χ1) is 10.1. The lowest BCUT2D eigenvalue weighted by molar-refractivity contribution is 0.608. The number of aromatic nitrogens is 2. The van der Waals surface area contributed by atoms with Crippen molar-refractivity contribution in [2.24, 2.45) is 0 Å². The summed E-state index contributed by atoms with van der Waals surface area (Å²) in [7, 11) is 0. The van der Waals surface area contributed by atoms with Gasteiger partial charge in [0.05, 0.1) is 9.09 Å². The summed E-state index contributed by atoms with van der Waals surface area (Å²) >= 11 is 9.92. The van der Waals surface area contributed by atoms with Crippen molar-refractivity contribution in [3.8, 4) is 0 Å². The SMILES string of the molecule is CC1CCCN1c1nc2c(I)c(Br)c(Br)c3c2n1CCC3. The number of nitrogens with zero attached hydrogens (tertiary/aromatic N) is 3. The van der Waals surface area contributed by atoms with Crippen molar-refractivity contribution < 1.29 is 0 Å². The molecule has 3 nitrogen and oxygen atoms in total. The maximum Gasteiger partial charge on any atom is 0.206 e. The number of hydrogen-bond donors (Lipinski definition) is 0. The van der Waals surface area contributed by atoms with E-state index in [9.17, 15) is 0 Å². The van der Waals surface area contributed by atoms with Crippen LogP contribution in [0.3, 0.4) is 0 Å². The zero-order valence-corrected chi connectivity index (χ0v) is 17.1. The average molecular weight is 525 g/mol. The van der Waals surface area contributed by atoms with E-state index >= 15 is 0 Å². The summed E-state index contributed by atoms with van der Waals surface area (Å²) in [4.78, 5) is 7.54. The second-order valence-corrected chi connectivity index (χ2v) is 8.63. The number of benzene rings is 1. The summed E-state index contributed by atoms with van der Waals surface area (Å²) in [5, 5.41) is 0. The van der Waals surface area contributed by atoms with Crippen molar-refractivity contribution in [3.05, 3.63) is 18.1 Å². The Hall–Kier alpha value is 0.180. The molecule has 112 valence electrons. The van der Waals surface area contributed by atoms with E-state index in [2.05, 4.69) is 70.8 Å². The molecule has 6 heteroatoms. The van der Waals surface area contributed by atoms with E-state index in [0.717, 1.165) is 29.5 Å². The molecule has 1 unspecified atom stereocenters. The van der Waals surface area contributed by atoms with Gasteiger partial charge in [-0.3, -0.25) is 0 Å². The lowest BCUT2D eigenvalue weighted by Crippen LogP contribution is -2.29. The van der Waals surface area contributed by atoms with Crippen LogP contribution < -0.4 is 4.90 Å². The molecule has 2 aromatic rings. The number of halogens is 3. The molecule has 0 saturated carbocycles. The topological polar surface area (TPSA) is 21.1 Å². The Morgan fingerprint density at radius 1 is 1.19 bits per heavy atom. The highest BCUT2D eigenvalue weighted by atomic mass is 127. The summed E-state index contributed by atoms with van der Waals surface area (Å²) in [6.45, 7) is 4.55. The molecule has 3 heterocycles. The molecule has 0 aliphatic carbocycles. The van der Waals surface area contributed by atoms with Crippen molar-refractivity contribution in [2.45, 2.75) is 45.2 Å². The monoisotopic (exact) mass is 523 g/mol. The molecule has 0 N–H and O–H groups in total. The molecule has 0 spiro atoms. The van der Waals surface area contributed by atoms with Gasteiger partial charge in [-0.2, -0.15) is 0 Å². The van der Waals surface area contributed by atoms with Crippen molar-refractivity contribution >= 4 is 71.4 Å². The second-order valence-electron chi connectivity index (χ2n) is 5.97. The average Bonchev–Trinajstić information content (AvgIpc) is 3.07. The summed E-state index contributed by atoms with van der Waals surface area (Å²) in [6, 6.07) is 0.605. The van der Waals surface area contributed by atoms with Gasteiger partial charge >= 0.3 is 0 Å². The van der Waals surface area contributed by atoms with Crippen LogP contribution in [0, 0.1) is 3.57 Å². The lowest BCUT2D eigenvalue weighted by atomic mass is 10.0. The van der Waals surface area contributed by atoms with Gasteiger partial charge in [0, 0.05) is 28.1 Å². The molecular formula is C15H16Br2IN3. The van der Waals surface area contributed by atoms with Gasteiger partial charge in [0.1, 0.15) is 5.52 Å². The maximum atomic E-state index is 5.05. The van der Waals surface area contributed by atoms with Gasteiger partial charge < -0.3 is 9.47 Å². The van der Waals surface area contributed by atoms with Gasteiger partial charge in [0.2, 0.25) is 5.95 Å². The predicted molar refractivity (Wildman–Crippen MR) is 102 cm³/mol. The standard InChI is InChI=1S/C15H16Br2IN3/c1-8-4-2-6-20(8)15-19-13-12(18)11(17)10(16)9-5-3-7-21(15)14(9)13/h8H,2-7H2,1H3. The Morgan fingerprint density at radius 3 is 2.71 bits per heavy atom. The first-order valence-corrected chi connectivity index (χ1v) is 10.1. The summed E-state index contributed by atoms with van der Waals surface area (Å²) < 4.78 is 6.03. The van der Waals surface area contributed by atoms with Crippen molar-refractivity contribution in [3.63, 3.8) is 0 Å². The Balaban J connectivity index is 2.03. The number of rotatable bonds is 1. The number of anilines is 1. The molecule has 2 aliphatic heterocycles. The van der Waals surface area contributed by atoms with Crippen LogP contribution in [-0.2, 0) is 13.0 Å². The number of aryl methyl sites for hydroxylation is 2. The Labute approximate surface area is 154 Å². The summed E-state index contributed by atoms with van der Waals surface area (Å²) in [6.07, 6.45) is 4.88. The first kappa shape index (κ1) is 14.8. The third kappa shape index (κ3) is 2.11. The van der Waals surface area contributed by atoms with Gasteiger partial charge in [-0.05, 0) is 92.6 Å². The van der Waals surface area contributed by atoms with Gasteiger partial charge in [-0.15, -0.1) is 0 Å². The fourth-order valence-electron chi connectivity index (χ4n) is 3.64. The largest absolute Gasteiger partial charge is 0.340 e. The molecule has 21 heavy (non-hydrogen) atoms. The quantitative estimate of drug-likeness (QED) is 0.382. The number of imidazole rings is 1. The minimum absolute atomic E-state index is 0.605. The zero-order valence-electron chi connectivity index (χ0n) is 11.8. The van der Waals surface area contributed by atoms with Crippen molar-refractivity contribution in [1.29, 1.82) is 0 Å². The van der Waals surface area contributed by atoms with Crippen LogP contribution in [0.2, 0.25) is 0 Å². The van der Waals surface area contributed by atoms with E-state index in [1.807, 2.05) is 0 Å². The zero-order chi connectivity index (χ0) is 14.7. The maximum absolute atomic E-state index is 5.05. The van der Waals surface area contributed by atoms with Gasteiger partial charge in [-0.25, -0.2) is 4.98 Å². The normalized spacial score (nSPS) is 21.5. The molecule has 1 atom stereocenters. The van der Waals surface area contributed by atoms with E-state index in [1.165, 1.54) is 44.3 Å². The fraction of sp³-hybridized carbons (Fsp3) is 0.533. The van der Waals surface area contributed by atoms with E-state index in [0.29, 0.717) is 6.04 Å². The molecule has 1 saturated heterocycles. The van der Waals surface area contributed by atoms with E-state index < -0.39 is 0 Å². The minimum atomic E-state index is 0.605. The minimum Gasteiger partial charge on any atom is -0.340 e. The van der Waals surface area contributed by atoms with Crippen LogP contribution >= 0.6 is 54.5 Å². The highest BCUT2D eigenvalue weighted by Gasteiger charge is 2.30. The molecule has 0 amide bonds. The molecule has 1 aromatic carbocycles. The van der Waals surface area contributed by atoms with Crippen LogP contribution in [0.5, 0.6) is 0 Å². The van der Waals surface area contributed by atoms with Crippen LogP contribution in [0.1, 0.15) is 31.7 Å². The molecule has 2 aliphatic rings. The molecule has 0 radical (unpaired) electrons. The van der Waals surface area contributed by atoms with E-state index in [1.54, 1.807) is 0 Å². The molecular weight excluding hydrogens is 509 g/mol. The first-order valence-electron chi connectivity index (χ1n) is 7.41. The molecule has 4 rings (SSSR count). The Bertz CT molecular complexity index is 741. The summed E-state index contributed by atoms with van der Waals surface area (Å²) in [5.74, 6) is 1.18. The van der Waals surface area contributed by atoms with E-state index in [4.69, 9.17) is 4.98 Å². The molecule has 1 fully saturated rings. The smallest absolute Gasteiger partial charge is 0.206 e. The third-order valence-corrected chi connectivity index (χ3v) is 8.70. The van der Waals surface area contributed by atoms with Gasteiger partial charge in [0.25, 0.3) is 0 Å². The van der Waals surface area contributed by atoms with Gasteiger partial charge in [-0.1, -0.05) is 0 Å². The predicted octanol–water partition coefficient (Wildman–Crippen LogP) is 5.10. The van der Waals surface area contributed by atoms with Crippen LogP contribution in [0.15, 0.2) is 8.95 Å². The molecule has 1 aromatic heterocycles. The highest BCUT2D eigenvalue weighted by Crippen LogP contribution is 2.43. The second kappa shape index (κ2) is 5.37. The molecule has 0 bridgehead atoms. The van der Waals surface area contributed by atoms with Crippen LogP contribution in [0.25, 0.3) is 11.0 Å². The number of hydrogen-bond acceptors (Lipinski definition) is 2. The van der Waals surface area contributed by atoms with Crippen LogP contribution in [0.4, 0.5) is 5.95 Å². The lowest BCUT2D eigenvalue weighted by Gasteiger charge is -2.25. The Kier molecular flexibility index (Phi) is 3.77. The van der Waals surface area contributed by atoms with Crippen LogP contribution in [-0.4, -0.2) is 22.1 Å².